The number of urea groups is 1. The summed E-state index contributed by atoms with van der Waals surface area (Å²) in [4.78, 5) is 24.6. The van der Waals surface area contributed by atoms with Crippen molar-refractivity contribution < 1.29 is 14.7 Å². The van der Waals surface area contributed by atoms with Gasteiger partial charge in [0.2, 0.25) is 0 Å². The van der Waals surface area contributed by atoms with Gasteiger partial charge in [-0.2, -0.15) is 0 Å². The molecule has 0 aliphatic carbocycles. The second kappa shape index (κ2) is 9.46. The number of hydrogen-bond acceptors (Lipinski definition) is 2. The molecule has 0 aliphatic heterocycles. The Bertz CT molecular complexity index is 508. The van der Waals surface area contributed by atoms with Gasteiger partial charge in [0.05, 0.1) is 6.04 Å². The minimum Gasteiger partial charge on any atom is -0.481 e. The van der Waals surface area contributed by atoms with E-state index in [0.717, 1.165) is 16.5 Å². The van der Waals surface area contributed by atoms with E-state index in [4.69, 9.17) is 5.11 Å². The van der Waals surface area contributed by atoms with E-state index in [1.807, 2.05) is 38.1 Å². The lowest BCUT2D eigenvalue weighted by molar-refractivity contribution is -0.137. The van der Waals surface area contributed by atoms with Crippen molar-refractivity contribution in [2.24, 2.45) is 0 Å². The van der Waals surface area contributed by atoms with E-state index in [9.17, 15) is 9.59 Å². The van der Waals surface area contributed by atoms with E-state index in [1.165, 1.54) is 0 Å². The Morgan fingerprint density at radius 1 is 1.36 bits per heavy atom. The van der Waals surface area contributed by atoms with Crippen LogP contribution in [-0.2, 0) is 4.79 Å². The minimum absolute atomic E-state index is 0.0602. The van der Waals surface area contributed by atoms with Crippen LogP contribution in [0.5, 0.6) is 0 Å². The molecule has 22 heavy (non-hydrogen) atoms. The van der Waals surface area contributed by atoms with Crippen LogP contribution in [0.4, 0.5) is 4.79 Å². The summed E-state index contributed by atoms with van der Waals surface area (Å²) >= 11 is 3.52. The molecule has 2 N–H and O–H groups in total. The second-order valence-electron chi connectivity index (χ2n) is 5.12. The second-order valence-corrected chi connectivity index (χ2v) is 5.97. The normalized spacial score (nSPS) is 11.8. The molecule has 6 heteroatoms. The predicted molar refractivity (Wildman–Crippen MR) is 89.8 cm³/mol. The number of carbonyl (C=O) groups excluding carboxylic acids is 1. The number of rotatable bonds is 8. The number of nitrogens with zero attached hydrogens (tertiary/aromatic N) is 1. The van der Waals surface area contributed by atoms with Crippen molar-refractivity contribution in [2.75, 3.05) is 13.1 Å². The molecule has 0 heterocycles. The topological polar surface area (TPSA) is 69.6 Å². The number of carbonyl (C=O) groups is 2. The molecule has 0 saturated carbocycles. The maximum Gasteiger partial charge on any atom is 0.317 e. The number of benzene rings is 1. The van der Waals surface area contributed by atoms with Gasteiger partial charge in [0.15, 0.2) is 0 Å². The minimum atomic E-state index is -0.846. The zero-order valence-electron chi connectivity index (χ0n) is 13.0. The Labute approximate surface area is 139 Å². The summed E-state index contributed by atoms with van der Waals surface area (Å²) in [5, 5.41) is 11.4. The standard InChI is InChI=1S/C16H23BrN2O3/c1-3-11-19(16(22)18-10-6-9-15(20)21)12(2)13-7-4-5-8-14(13)17/h4-5,7-8,12H,3,6,9-11H2,1-2H3,(H,18,22)(H,20,21). The van der Waals surface area contributed by atoms with Crippen LogP contribution >= 0.6 is 15.9 Å². The van der Waals surface area contributed by atoms with Gasteiger partial charge in [-0.15, -0.1) is 0 Å². The van der Waals surface area contributed by atoms with Crippen molar-refractivity contribution >= 4 is 27.9 Å². The summed E-state index contributed by atoms with van der Waals surface area (Å²) in [5.74, 6) is -0.846. The van der Waals surface area contributed by atoms with Gasteiger partial charge in [0.1, 0.15) is 0 Å². The van der Waals surface area contributed by atoms with E-state index >= 15 is 0 Å². The van der Waals surface area contributed by atoms with Gasteiger partial charge in [0, 0.05) is 24.0 Å². The lowest BCUT2D eigenvalue weighted by Gasteiger charge is -2.30. The highest BCUT2D eigenvalue weighted by Gasteiger charge is 2.21. The van der Waals surface area contributed by atoms with Gasteiger partial charge in [-0.1, -0.05) is 41.1 Å². The largest absolute Gasteiger partial charge is 0.481 e. The number of amides is 2. The van der Waals surface area contributed by atoms with Crippen LogP contribution in [0.25, 0.3) is 0 Å². The zero-order chi connectivity index (χ0) is 16.5. The Hall–Kier alpha value is -1.56. The molecule has 2 amide bonds. The molecular weight excluding hydrogens is 348 g/mol. The third-order valence-electron chi connectivity index (χ3n) is 3.39. The Kier molecular flexibility index (Phi) is 7.95. The first-order valence-electron chi connectivity index (χ1n) is 7.48. The van der Waals surface area contributed by atoms with E-state index in [2.05, 4.69) is 21.2 Å². The summed E-state index contributed by atoms with van der Waals surface area (Å²) in [6.07, 6.45) is 1.36. The highest BCUT2D eigenvalue weighted by molar-refractivity contribution is 9.10. The zero-order valence-corrected chi connectivity index (χ0v) is 14.6. The van der Waals surface area contributed by atoms with Gasteiger partial charge in [-0.25, -0.2) is 4.79 Å². The predicted octanol–water partition coefficient (Wildman–Crippen LogP) is 3.80. The number of nitrogens with one attached hydrogen (secondary N) is 1. The third-order valence-corrected chi connectivity index (χ3v) is 4.11. The molecule has 0 radical (unpaired) electrons. The molecule has 1 rings (SSSR count). The number of halogens is 1. The van der Waals surface area contributed by atoms with Crippen molar-refractivity contribution in [3.63, 3.8) is 0 Å². The summed E-state index contributed by atoms with van der Waals surface area (Å²) in [6.45, 7) is 5.03. The van der Waals surface area contributed by atoms with Crippen molar-refractivity contribution in [3.05, 3.63) is 34.3 Å². The van der Waals surface area contributed by atoms with Crippen LogP contribution in [-0.4, -0.2) is 35.1 Å². The molecule has 0 fully saturated rings. The fourth-order valence-corrected chi connectivity index (χ4v) is 2.85. The summed E-state index contributed by atoms with van der Waals surface area (Å²) in [6, 6.07) is 7.63. The molecule has 1 unspecified atom stereocenters. The summed E-state index contributed by atoms with van der Waals surface area (Å²) in [5.41, 5.74) is 1.05. The van der Waals surface area contributed by atoms with Gasteiger partial charge >= 0.3 is 12.0 Å². The molecule has 1 aromatic carbocycles. The molecule has 0 spiro atoms. The number of hydrogen-bond donors (Lipinski definition) is 2. The Balaban J connectivity index is 2.69. The first-order chi connectivity index (χ1) is 10.5. The third kappa shape index (κ3) is 5.67. The van der Waals surface area contributed by atoms with Gasteiger partial charge in [0.25, 0.3) is 0 Å². The quantitative estimate of drug-likeness (QED) is 0.683. The first kappa shape index (κ1) is 18.5. The average Bonchev–Trinajstić information content (AvgIpc) is 2.48. The van der Waals surface area contributed by atoms with Gasteiger partial charge in [-0.3, -0.25) is 4.79 Å². The monoisotopic (exact) mass is 370 g/mol. The fraction of sp³-hybridized carbons (Fsp3) is 0.500. The highest BCUT2D eigenvalue weighted by Crippen LogP contribution is 2.27. The number of carboxylic acids is 1. The van der Waals surface area contributed by atoms with Crippen LogP contribution in [0.3, 0.4) is 0 Å². The summed E-state index contributed by atoms with van der Waals surface area (Å²) < 4.78 is 0.974. The van der Waals surface area contributed by atoms with E-state index in [1.54, 1.807) is 4.90 Å². The molecule has 1 atom stereocenters. The molecule has 0 aromatic heterocycles. The molecule has 0 bridgehead atoms. The van der Waals surface area contributed by atoms with Gasteiger partial charge < -0.3 is 15.3 Å². The van der Waals surface area contributed by atoms with Crippen LogP contribution in [0.1, 0.15) is 44.7 Å². The maximum absolute atomic E-state index is 12.4. The highest BCUT2D eigenvalue weighted by atomic mass is 79.9. The van der Waals surface area contributed by atoms with Crippen LogP contribution in [0, 0.1) is 0 Å². The lowest BCUT2D eigenvalue weighted by atomic mass is 10.1. The van der Waals surface area contributed by atoms with Crippen molar-refractivity contribution in [3.8, 4) is 0 Å². The molecular formula is C16H23BrN2O3. The lowest BCUT2D eigenvalue weighted by Crippen LogP contribution is -2.42. The van der Waals surface area contributed by atoms with Crippen molar-refractivity contribution in [1.29, 1.82) is 0 Å². The Morgan fingerprint density at radius 2 is 2.05 bits per heavy atom. The molecule has 5 nitrogen and oxygen atoms in total. The van der Waals surface area contributed by atoms with E-state index < -0.39 is 5.97 Å². The molecule has 1 aromatic rings. The van der Waals surface area contributed by atoms with E-state index in [0.29, 0.717) is 19.5 Å². The Morgan fingerprint density at radius 3 is 2.64 bits per heavy atom. The van der Waals surface area contributed by atoms with E-state index in [-0.39, 0.29) is 18.5 Å². The number of carboxylic acid groups (broad SMARTS) is 1. The van der Waals surface area contributed by atoms with Crippen LogP contribution in [0.15, 0.2) is 28.7 Å². The first-order valence-corrected chi connectivity index (χ1v) is 8.27. The smallest absolute Gasteiger partial charge is 0.317 e. The maximum atomic E-state index is 12.4. The molecule has 0 saturated heterocycles. The SMILES string of the molecule is CCCN(C(=O)NCCCC(=O)O)C(C)c1ccccc1Br. The average molecular weight is 371 g/mol. The van der Waals surface area contributed by atoms with Crippen LogP contribution in [0.2, 0.25) is 0 Å². The fourth-order valence-electron chi connectivity index (χ4n) is 2.23. The van der Waals surface area contributed by atoms with Crippen LogP contribution < -0.4 is 5.32 Å². The summed E-state index contributed by atoms with van der Waals surface area (Å²) in [7, 11) is 0. The molecule has 122 valence electrons. The van der Waals surface area contributed by atoms with Crippen molar-refractivity contribution in [2.45, 2.75) is 39.2 Å². The molecule has 0 aliphatic rings. The van der Waals surface area contributed by atoms with Crippen molar-refractivity contribution in [1.82, 2.24) is 10.2 Å². The number of aliphatic carboxylic acids is 1. The van der Waals surface area contributed by atoms with Gasteiger partial charge in [-0.05, 0) is 31.4 Å².